The molecule has 1 aromatic rings. The van der Waals surface area contributed by atoms with E-state index in [0.29, 0.717) is 0 Å². The molecule has 2 rings (SSSR count). The van der Waals surface area contributed by atoms with Crippen molar-refractivity contribution >= 4 is 15.9 Å². The largest absolute Gasteiger partial charge is 0.281 e. The number of H-pyrrole nitrogens is 1. The van der Waals surface area contributed by atoms with E-state index in [1.54, 1.807) is 0 Å². The summed E-state index contributed by atoms with van der Waals surface area (Å²) in [5, 5.41) is 7.28. The highest BCUT2D eigenvalue weighted by Crippen LogP contribution is 2.31. The van der Waals surface area contributed by atoms with Crippen molar-refractivity contribution in [3.8, 4) is 0 Å². The molecule has 3 heteroatoms. The van der Waals surface area contributed by atoms with Gasteiger partial charge >= 0.3 is 0 Å². The molecule has 1 atom stereocenters. The lowest BCUT2D eigenvalue weighted by Gasteiger charge is -2.21. The second-order valence-corrected chi connectivity index (χ2v) is 4.62. The predicted molar refractivity (Wildman–Crippen MR) is 56.7 cm³/mol. The molecule has 1 aliphatic carbocycles. The second-order valence-electron chi connectivity index (χ2n) is 3.87. The Labute approximate surface area is 87.2 Å². The maximum Gasteiger partial charge on any atom is 0.131 e. The lowest BCUT2D eigenvalue weighted by molar-refractivity contribution is 0.420. The fraction of sp³-hybridized carbons (Fsp3) is 0.700. The summed E-state index contributed by atoms with van der Waals surface area (Å²) in [6.45, 7) is 2.26. The van der Waals surface area contributed by atoms with Crippen molar-refractivity contribution in [2.24, 2.45) is 5.92 Å². The Hall–Kier alpha value is -0.310. The van der Waals surface area contributed by atoms with E-state index in [9.17, 15) is 0 Å². The Morgan fingerprint density at radius 3 is 3.23 bits per heavy atom. The van der Waals surface area contributed by atoms with Crippen LogP contribution in [0.3, 0.4) is 0 Å². The van der Waals surface area contributed by atoms with Crippen LogP contribution in [0.15, 0.2) is 4.60 Å². The van der Waals surface area contributed by atoms with Gasteiger partial charge in [0.25, 0.3) is 0 Å². The van der Waals surface area contributed by atoms with Crippen LogP contribution in [0.2, 0.25) is 0 Å². The van der Waals surface area contributed by atoms with Gasteiger partial charge in [-0.3, -0.25) is 5.10 Å². The number of nitrogens with zero attached hydrogens (tertiary/aromatic N) is 1. The maximum absolute atomic E-state index is 4.18. The highest BCUT2D eigenvalue weighted by molar-refractivity contribution is 9.10. The molecule has 0 fully saturated rings. The van der Waals surface area contributed by atoms with Crippen molar-refractivity contribution in [3.05, 3.63) is 15.9 Å². The fourth-order valence-corrected chi connectivity index (χ4v) is 2.67. The van der Waals surface area contributed by atoms with E-state index in [4.69, 9.17) is 0 Å². The zero-order valence-corrected chi connectivity index (χ0v) is 9.52. The molecule has 0 radical (unpaired) electrons. The highest BCUT2D eigenvalue weighted by atomic mass is 79.9. The number of nitrogens with one attached hydrogen (secondary N) is 1. The van der Waals surface area contributed by atoms with Gasteiger partial charge in [0.15, 0.2) is 0 Å². The molecule has 1 unspecified atom stereocenters. The number of halogens is 1. The number of aromatic amines is 1. The third kappa shape index (κ3) is 1.80. The minimum atomic E-state index is 0.881. The first-order chi connectivity index (χ1) is 6.31. The minimum Gasteiger partial charge on any atom is -0.281 e. The molecule has 0 spiro atoms. The summed E-state index contributed by atoms with van der Waals surface area (Å²) in [6, 6.07) is 0. The van der Waals surface area contributed by atoms with Crippen LogP contribution in [0, 0.1) is 5.92 Å². The van der Waals surface area contributed by atoms with Crippen molar-refractivity contribution in [1.29, 1.82) is 0 Å². The van der Waals surface area contributed by atoms with Crippen LogP contribution < -0.4 is 0 Å². The Balaban J connectivity index is 2.13. The number of rotatable bonds is 2. The monoisotopic (exact) mass is 242 g/mol. The molecule has 0 aliphatic heterocycles. The van der Waals surface area contributed by atoms with Crippen LogP contribution >= 0.6 is 15.9 Å². The van der Waals surface area contributed by atoms with E-state index < -0.39 is 0 Å². The van der Waals surface area contributed by atoms with Gasteiger partial charge in [-0.15, -0.1) is 0 Å². The molecular weight excluding hydrogens is 228 g/mol. The molecule has 2 nitrogen and oxygen atoms in total. The first-order valence-corrected chi connectivity index (χ1v) is 5.82. The standard InChI is InChI=1S/C10H15BrN2/c1-2-3-7-4-5-9-8(6-7)10(11)13-12-9/h7H,2-6H2,1H3,(H,12,13). The van der Waals surface area contributed by atoms with Crippen molar-refractivity contribution in [1.82, 2.24) is 10.2 Å². The summed E-state index contributed by atoms with van der Waals surface area (Å²) >= 11 is 3.49. The molecule has 1 aromatic heterocycles. The van der Waals surface area contributed by atoms with E-state index in [2.05, 4.69) is 33.1 Å². The topological polar surface area (TPSA) is 28.7 Å². The Bertz CT molecular complexity index is 293. The SMILES string of the molecule is CCCC1CCc2[nH]nc(Br)c2C1. The lowest BCUT2D eigenvalue weighted by atomic mass is 9.85. The van der Waals surface area contributed by atoms with Gasteiger partial charge in [-0.05, 0) is 41.1 Å². The Kier molecular flexibility index (Phi) is 2.72. The van der Waals surface area contributed by atoms with E-state index >= 15 is 0 Å². The summed E-state index contributed by atoms with van der Waals surface area (Å²) in [5.41, 5.74) is 2.77. The molecule has 0 bridgehead atoms. The highest BCUT2D eigenvalue weighted by Gasteiger charge is 2.21. The van der Waals surface area contributed by atoms with Crippen LogP contribution in [-0.4, -0.2) is 10.2 Å². The summed E-state index contributed by atoms with van der Waals surface area (Å²) in [5.74, 6) is 0.881. The maximum atomic E-state index is 4.18. The number of hydrogen-bond donors (Lipinski definition) is 1. The molecule has 0 saturated heterocycles. The van der Waals surface area contributed by atoms with Crippen LogP contribution in [-0.2, 0) is 12.8 Å². The zero-order chi connectivity index (χ0) is 9.26. The van der Waals surface area contributed by atoms with Gasteiger partial charge in [-0.2, -0.15) is 5.10 Å². The fourth-order valence-electron chi connectivity index (χ4n) is 2.18. The van der Waals surface area contributed by atoms with Gasteiger partial charge in [0, 0.05) is 11.3 Å². The minimum absolute atomic E-state index is 0.881. The molecule has 72 valence electrons. The van der Waals surface area contributed by atoms with E-state index in [-0.39, 0.29) is 0 Å². The second kappa shape index (κ2) is 3.82. The normalized spacial score (nSPS) is 21.5. The van der Waals surface area contributed by atoms with Crippen molar-refractivity contribution in [2.75, 3.05) is 0 Å². The first-order valence-electron chi connectivity index (χ1n) is 5.03. The zero-order valence-electron chi connectivity index (χ0n) is 7.94. The van der Waals surface area contributed by atoms with Gasteiger partial charge in [0.2, 0.25) is 0 Å². The van der Waals surface area contributed by atoms with E-state index in [1.165, 1.54) is 43.4 Å². The van der Waals surface area contributed by atoms with Crippen LogP contribution in [0.25, 0.3) is 0 Å². The molecule has 1 heterocycles. The smallest absolute Gasteiger partial charge is 0.131 e. The van der Waals surface area contributed by atoms with Gasteiger partial charge in [-0.25, -0.2) is 0 Å². The average molecular weight is 243 g/mol. The third-order valence-corrected chi connectivity index (χ3v) is 3.55. The number of fused-ring (bicyclic) bond motifs is 1. The van der Waals surface area contributed by atoms with Gasteiger partial charge < -0.3 is 0 Å². The third-order valence-electron chi connectivity index (χ3n) is 2.89. The van der Waals surface area contributed by atoms with E-state index in [1.807, 2.05) is 0 Å². The Morgan fingerprint density at radius 1 is 1.62 bits per heavy atom. The summed E-state index contributed by atoms with van der Waals surface area (Å²) in [7, 11) is 0. The van der Waals surface area contributed by atoms with Gasteiger partial charge in [0.05, 0.1) is 0 Å². The average Bonchev–Trinajstić information content (AvgIpc) is 2.49. The molecule has 0 amide bonds. The first kappa shape index (κ1) is 9.25. The molecule has 13 heavy (non-hydrogen) atoms. The lowest BCUT2D eigenvalue weighted by Crippen LogP contribution is -2.13. The number of aromatic nitrogens is 2. The summed E-state index contributed by atoms with van der Waals surface area (Å²) in [6.07, 6.45) is 6.38. The molecule has 1 aliphatic rings. The molecular formula is C10H15BrN2. The van der Waals surface area contributed by atoms with Crippen molar-refractivity contribution in [3.63, 3.8) is 0 Å². The van der Waals surface area contributed by atoms with Gasteiger partial charge in [0.1, 0.15) is 4.60 Å². The van der Waals surface area contributed by atoms with Crippen LogP contribution in [0.5, 0.6) is 0 Å². The number of hydrogen-bond acceptors (Lipinski definition) is 1. The molecule has 1 N–H and O–H groups in total. The molecule has 0 aromatic carbocycles. The quantitative estimate of drug-likeness (QED) is 0.849. The Morgan fingerprint density at radius 2 is 2.46 bits per heavy atom. The van der Waals surface area contributed by atoms with Gasteiger partial charge in [-0.1, -0.05) is 19.8 Å². The number of aryl methyl sites for hydroxylation is 1. The predicted octanol–water partition coefficient (Wildman–Crippen LogP) is 3.08. The van der Waals surface area contributed by atoms with Crippen LogP contribution in [0.1, 0.15) is 37.4 Å². The molecule has 0 saturated carbocycles. The summed E-state index contributed by atoms with van der Waals surface area (Å²) < 4.78 is 1.03. The summed E-state index contributed by atoms with van der Waals surface area (Å²) in [4.78, 5) is 0. The van der Waals surface area contributed by atoms with Crippen molar-refractivity contribution in [2.45, 2.75) is 39.0 Å². The van der Waals surface area contributed by atoms with E-state index in [0.717, 1.165) is 10.5 Å². The van der Waals surface area contributed by atoms with Crippen molar-refractivity contribution < 1.29 is 0 Å². The van der Waals surface area contributed by atoms with Crippen LogP contribution in [0.4, 0.5) is 0 Å².